The zero-order valence-corrected chi connectivity index (χ0v) is 14.0. The van der Waals surface area contributed by atoms with Crippen LogP contribution in [0.1, 0.15) is 23.6 Å². The van der Waals surface area contributed by atoms with Crippen LogP contribution in [-0.4, -0.2) is 24.1 Å². The molecule has 1 aliphatic heterocycles. The Hall–Kier alpha value is -2.27. The summed E-state index contributed by atoms with van der Waals surface area (Å²) >= 11 is 1.53. The summed E-state index contributed by atoms with van der Waals surface area (Å²) in [5.74, 6) is 0.267. The molecule has 0 saturated carbocycles. The Morgan fingerprint density at radius 3 is 2.88 bits per heavy atom. The number of hydrogen-bond donors (Lipinski definition) is 1. The summed E-state index contributed by atoms with van der Waals surface area (Å²) < 4.78 is 0. The van der Waals surface area contributed by atoms with Crippen LogP contribution in [0.2, 0.25) is 0 Å². The number of aryl methyl sites for hydroxylation is 1. The Kier molecular flexibility index (Phi) is 4.02. The molecule has 2 aliphatic rings. The Morgan fingerprint density at radius 1 is 1.17 bits per heavy atom. The molecular formula is C19H18N2O2S. The normalized spacial score (nSPS) is 18.9. The summed E-state index contributed by atoms with van der Waals surface area (Å²) in [6.07, 6.45) is 1.91. The van der Waals surface area contributed by atoms with Crippen LogP contribution in [-0.2, 0) is 16.0 Å². The number of fused-ring (bicyclic) bond motifs is 2. The molecule has 1 heterocycles. The lowest BCUT2D eigenvalue weighted by atomic mass is 10.1. The second-order valence-corrected chi connectivity index (χ2v) is 7.11. The smallest absolute Gasteiger partial charge is 0.240 e. The molecule has 0 radical (unpaired) electrons. The van der Waals surface area contributed by atoms with Crippen LogP contribution in [0.3, 0.4) is 0 Å². The highest BCUT2D eigenvalue weighted by atomic mass is 32.2. The summed E-state index contributed by atoms with van der Waals surface area (Å²) in [5, 5.41) is 3.09. The highest BCUT2D eigenvalue weighted by molar-refractivity contribution is 8.00. The van der Waals surface area contributed by atoms with E-state index in [-0.39, 0.29) is 24.4 Å². The molecule has 1 atom stereocenters. The van der Waals surface area contributed by atoms with Gasteiger partial charge in [-0.15, -0.1) is 11.8 Å². The first-order valence-electron chi connectivity index (χ1n) is 8.12. The maximum absolute atomic E-state index is 12.5. The Labute approximate surface area is 145 Å². The fourth-order valence-corrected chi connectivity index (χ4v) is 4.35. The van der Waals surface area contributed by atoms with Gasteiger partial charge in [-0.2, -0.15) is 0 Å². The van der Waals surface area contributed by atoms with Crippen molar-refractivity contribution in [2.45, 2.75) is 23.8 Å². The van der Waals surface area contributed by atoms with Gasteiger partial charge in [0.05, 0.1) is 17.5 Å². The van der Waals surface area contributed by atoms with Crippen molar-refractivity contribution in [2.24, 2.45) is 0 Å². The molecule has 0 fully saturated rings. The predicted molar refractivity (Wildman–Crippen MR) is 95.2 cm³/mol. The molecule has 1 aliphatic carbocycles. The van der Waals surface area contributed by atoms with Crippen LogP contribution < -0.4 is 10.2 Å². The van der Waals surface area contributed by atoms with E-state index in [2.05, 4.69) is 17.4 Å². The van der Waals surface area contributed by atoms with E-state index >= 15 is 0 Å². The number of nitrogens with zero attached hydrogens (tertiary/aromatic N) is 1. The monoisotopic (exact) mass is 338 g/mol. The lowest BCUT2D eigenvalue weighted by Crippen LogP contribution is -2.43. The molecular weight excluding hydrogens is 320 g/mol. The zero-order valence-electron chi connectivity index (χ0n) is 13.2. The molecule has 122 valence electrons. The van der Waals surface area contributed by atoms with Crippen LogP contribution in [0.25, 0.3) is 0 Å². The first kappa shape index (κ1) is 15.3. The molecule has 24 heavy (non-hydrogen) atoms. The van der Waals surface area contributed by atoms with E-state index in [1.165, 1.54) is 22.9 Å². The summed E-state index contributed by atoms with van der Waals surface area (Å²) in [5.41, 5.74) is 3.34. The minimum Gasteiger partial charge on any atom is -0.348 e. The van der Waals surface area contributed by atoms with Crippen molar-refractivity contribution < 1.29 is 9.59 Å². The topological polar surface area (TPSA) is 49.4 Å². The molecule has 4 nitrogen and oxygen atoms in total. The molecule has 2 amide bonds. The number of benzene rings is 2. The van der Waals surface area contributed by atoms with Crippen molar-refractivity contribution in [1.82, 2.24) is 5.32 Å². The molecule has 0 aromatic heterocycles. The van der Waals surface area contributed by atoms with Gasteiger partial charge in [0, 0.05) is 4.90 Å². The van der Waals surface area contributed by atoms with Crippen molar-refractivity contribution in [3.63, 3.8) is 0 Å². The van der Waals surface area contributed by atoms with Crippen LogP contribution >= 0.6 is 11.8 Å². The van der Waals surface area contributed by atoms with Gasteiger partial charge in [0.1, 0.15) is 6.54 Å². The van der Waals surface area contributed by atoms with E-state index in [0.29, 0.717) is 5.75 Å². The average Bonchev–Trinajstić information content (AvgIpc) is 3.01. The van der Waals surface area contributed by atoms with Gasteiger partial charge in [0.25, 0.3) is 0 Å². The first-order valence-corrected chi connectivity index (χ1v) is 9.10. The van der Waals surface area contributed by atoms with Gasteiger partial charge in [-0.3, -0.25) is 9.59 Å². The maximum atomic E-state index is 12.5. The number of nitrogens with one attached hydrogen (secondary N) is 1. The van der Waals surface area contributed by atoms with Gasteiger partial charge in [0.15, 0.2) is 0 Å². The Bertz CT molecular complexity index is 805. The fraction of sp³-hybridized carbons (Fsp3) is 0.263. The van der Waals surface area contributed by atoms with Crippen LogP contribution in [0.5, 0.6) is 0 Å². The van der Waals surface area contributed by atoms with Gasteiger partial charge >= 0.3 is 0 Å². The number of rotatable bonds is 3. The standard InChI is InChI=1S/C19H18N2O2S/c22-18(20-15-10-9-13-5-1-2-6-14(13)15)11-21-16-7-3-4-8-17(16)24-12-19(21)23/h1-8,15H,9-12H2,(H,20,22). The number of carbonyl (C=O) groups is 2. The highest BCUT2D eigenvalue weighted by Gasteiger charge is 2.28. The molecule has 4 rings (SSSR count). The summed E-state index contributed by atoms with van der Waals surface area (Å²) in [4.78, 5) is 27.4. The Morgan fingerprint density at radius 2 is 1.96 bits per heavy atom. The fourth-order valence-electron chi connectivity index (χ4n) is 3.42. The SMILES string of the molecule is O=C(CN1C(=O)CSc2ccccc21)NC1CCc2ccccc21. The molecule has 0 bridgehead atoms. The molecule has 1 N–H and O–H groups in total. The summed E-state index contributed by atoms with van der Waals surface area (Å²) in [6.45, 7) is 0.0784. The average molecular weight is 338 g/mol. The number of carbonyl (C=O) groups excluding carboxylic acids is 2. The Balaban J connectivity index is 1.48. The predicted octanol–water partition coefficient (Wildman–Crippen LogP) is 2.93. The van der Waals surface area contributed by atoms with E-state index in [0.717, 1.165) is 23.4 Å². The zero-order chi connectivity index (χ0) is 16.5. The molecule has 2 aromatic carbocycles. The number of amides is 2. The molecule has 0 spiro atoms. The third kappa shape index (κ3) is 2.80. The third-order valence-corrected chi connectivity index (χ3v) is 5.63. The van der Waals surface area contributed by atoms with Crippen molar-refractivity contribution in [1.29, 1.82) is 0 Å². The van der Waals surface area contributed by atoms with Gasteiger partial charge < -0.3 is 10.2 Å². The summed E-state index contributed by atoms with van der Waals surface area (Å²) in [6, 6.07) is 16.0. The largest absolute Gasteiger partial charge is 0.348 e. The molecule has 2 aromatic rings. The van der Waals surface area contributed by atoms with Crippen LogP contribution in [0, 0.1) is 0 Å². The first-order chi connectivity index (χ1) is 11.7. The van der Waals surface area contributed by atoms with Crippen molar-refractivity contribution in [3.8, 4) is 0 Å². The van der Waals surface area contributed by atoms with E-state index in [1.54, 1.807) is 4.90 Å². The molecule has 0 saturated heterocycles. The van der Waals surface area contributed by atoms with E-state index in [1.807, 2.05) is 36.4 Å². The number of thioether (sulfide) groups is 1. The molecule has 1 unspecified atom stereocenters. The number of hydrogen-bond acceptors (Lipinski definition) is 3. The quantitative estimate of drug-likeness (QED) is 0.936. The van der Waals surface area contributed by atoms with Crippen molar-refractivity contribution in [2.75, 3.05) is 17.2 Å². The van der Waals surface area contributed by atoms with Gasteiger partial charge in [-0.05, 0) is 36.1 Å². The minimum absolute atomic E-state index is 0.0133. The molecule has 5 heteroatoms. The minimum atomic E-state index is -0.105. The maximum Gasteiger partial charge on any atom is 0.240 e. The summed E-state index contributed by atoms with van der Waals surface area (Å²) in [7, 11) is 0. The third-order valence-electron chi connectivity index (χ3n) is 4.58. The van der Waals surface area contributed by atoms with E-state index in [4.69, 9.17) is 0 Å². The second-order valence-electron chi connectivity index (χ2n) is 6.09. The van der Waals surface area contributed by atoms with Crippen molar-refractivity contribution in [3.05, 3.63) is 59.7 Å². The van der Waals surface area contributed by atoms with Gasteiger partial charge in [-0.25, -0.2) is 0 Å². The van der Waals surface area contributed by atoms with Crippen LogP contribution in [0.15, 0.2) is 53.4 Å². The highest BCUT2D eigenvalue weighted by Crippen LogP contribution is 2.35. The lowest BCUT2D eigenvalue weighted by molar-refractivity contribution is -0.123. The second kappa shape index (κ2) is 6.32. The number of anilines is 1. The van der Waals surface area contributed by atoms with Crippen LogP contribution in [0.4, 0.5) is 5.69 Å². The van der Waals surface area contributed by atoms with Gasteiger partial charge in [-0.1, -0.05) is 36.4 Å². The van der Waals surface area contributed by atoms with Crippen molar-refractivity contribution >= 4 is 29.3 Å². The van der Waals surface area contributed by atoms with Gasteiger partial charge in [0.2, 0.25) is 11.8 Å². The lowest BCUT2D eigenvalue weighted by Gasteiger charge is -2.28. The number of para-hydroxylation sites is 1. The van der Waals surface area contributed by atoms with E-state index < -0.39 is 0 Å². The van der Waals surface area contributed by atoms with E-state index in [9.17, 15) is 9.59 Å².